The van der Waals surface area contributed by atoms with E-state index < -0.39 is 12.8 Å². The molecule has 5 heteroatoms. The van der Waals surface area contributed by atoms with Gasteiger partial charge in [0.05, 0.1) is 18.8 Å². The van der Waals surface area contributed by atoms with E-state index in [1.165, 1.54) is 0 Å². The van der Waals surface area contributed by atoms with E-state index in [1.54, 1.807) is 4.90 Å². The van der Waals surface area contributed by atoms with Crippen molar-refractivity contribution in [3.8, 4) is 0 Å². The lowest BCUT2D eigenvalue weighted by Crippen LogP contribution is -2.51. The maximum atomic E-state index is 12.4. The highest BCUT2D eigenvalue weighted by Crippen LogP contribution is 2.22. The standard InChI is InChI=1S/C12H21FN2O2/c13-5-3-9-8-15(7-4-11(9)16)12(17)10-2-1-6-14-10/h9-11,14,16H,1-8H2. The molecule has 0 aromatic rings. The minimum atomic E-state index is -0.452. The van der Waals surface area contributed by atoms with Crippen LogP contribution in [0, 0.1) is 5.92 Å². The molecule has 2 fully saturated rings. The molecule has 2 aliphatic heterocycles. The SMILES string of the molecule is O=C(C1CCCN1)N1CCC(O)C(CCF)C1. The number of nitrogens with one attached hydrogen (secondary N) is 1. The van der Waals surface area contributed by atoms with Gasteiger partial charge in [0.2, 0.25) is 5.91 Å². The molecular weight excluding hydrogens is 223 g/mol. The molecule has 0 bridgehead atoms. The van der Waals surface area contributed by atoms with E-state index >= 15 is 0 Å². The first-order valence-electron chi connectivity index (χ1n) is 6.48. The van der Waals surface area contributed by atoms with E-state index in [-0.39, 0.29) is 17.9 Å². The smallest absolute Gasteiger partial charge is 0.239 e. The van der Waals surface area contributed by atoms with Gasteiger partial charge in [-0.25, -0.2) is 0 Å². The Kier molecular flexibility index (Phi) is 4.34. The number of carbonyl (C=O) groups is 1. The molecule has 3 unspecified atom stereocenters. The maximum Gasteiger partial charge on any atom is 0.239 e. The van der Waals surface area contributed by atoms with Gasteiger partial charge >= 0.3 is 0 Å². The van der Waals surface area contributed by atoms with Crippen LogP contribution in [-0.2, 0) is 4.79 Å². The van der Waals surface area contributed by atoms with Crippen LogP contribution in [0.5, 0.6) is 0 Å². The largest absolute Gasteiger partial charge is 0.393 e. The molecule has 0 radical (unpaired) electrons. The maximum absolute atomic E-state index is 12.4. The van der Waals surface area contributed by atoms with Gasteiger partial charge in [-0.1, -0.05) is 0 Å². The van der Waals surface area contributed by atoms with Gasteiger partial charge in [0.1, 0.15) is 0 Å². The summed E-state index contributed by atoms with van der Waals surface area (Å²) in [4.78, 5) is 13.9. The number of halogens is 1. The number of hydrogen-bond acceptors (Lipinski definition) is 3. The Hall–Kier alpha value is -0.680. The number of rotatable bonds is 3. The number of likely N-dealkylation sites (tertiary alicyclic amines) is 1. The molecule has 1 amide bonds. The Morgan fingerprint density at radius 1 is 1.47 bits per heavy atom. The van der Waals surface area contributed by atoms with E-state index in [9.17, 15) is 14.3 Å². The van der Waals surface area contributed by atoms with Crippen molar-refractivity contribution in [2.45, 2.75) is 37.8 Å². The van der Waals surface area contributed by atoms with Crippen LogP contribution in [0.25, 0.3) is 0 Å². The highest BCUT2D eigenvalue weighted by atomic mass is 19.1. The highest BCUT2D eigenvalue weighted by molar-refractivity contribution is 5.82. The van der Waals surface area contributed by atoms with Crippen molar-refractivity contribution >= 4 is 5.91 Å². The predicted molar refractivity (Wildman–Crippen MR) is 62.3 cm³/mol. The molecule has 0 spiro atoms. The lowest BCUT2D eigenvalue weighted by atomic mass is 9.91. The summed E-state index contributed by atoms with van der Waals surface area (Å²) in [5.74, 6) is 0.0253. The second-order valence-corrected chi connectivity index (χ2v) is 5.03. The molecule has 0 saturated carbocycles. The van der Waals surface area contributed by atoms with Gasteiger partial charge in [-0.2, -0.15) is 0 Å². The van der Waals surface area contributed by atoms with Crippen molar-refractivity contribution in [3.05, 3.63) is 0 Å². The minimum Gasteiger partial charge on any atom is -0.393 e. The molecular formula is C12H21FN2O2. The van der Waals surface area contributed by atoms with Gasteiger partial charge in [0.15, 0.2) is 0 Å². The summed E-state index contributed by atoms with van der Waals surface area (Å²) in [6.45, 7) is 1.58. The Labute approximate surface area is 101 Å². The quantitative estimate of drug-likeness (QED) is 0.751. The summed E-state index contributed by atoms with van der Waals surface area (Å²) in [5, 5.41) is 12.9. The van der Waals surface area contributed by atoms with Crippen molar-refractivity contribution in [1.29, 1.82) is 0 Å². The first-order chi connectivity index (χ1) is 8.22. The number of aliphatic hydroxyl groups is 1. The van der Waals surface area contributed by atoms with Crippen LogP contribution in [0.2, 0.25) is 0 Å². The second-order valence-electron chi connectivity index (χ2n) is 5.03. The van der Waals surface area contributed by atoms with E-state index in [4.69, 9.17) is 0 Å². The Morgan fingerprint density at radius 3 is 2.94 bits per heavy atom. The van der Waals surface area contributed by atoms with E-state index in [1.807, 2.05) is 0 Å². The summed E-state index contributed by atoms with van der Waals surface area (Å²) in [6, 6.07) is -0.0590. The summed E-state index contributed by atoms with van der Waals surface area (Å²) in [5.41, 5.74) is 0. The van der Waals surface area contributed by atoms with Crippen molar-refractivity contribution in [3.63, 3.8) is 0 Å². The first kappa shape index (κ1) is 12.8. The molecule has 4 nitrogen and oxygen atoms in total. The molecule has 2 heterocycles. The predicted octanol–water partition coefficient (Wildman–Crippen LogP) is 0.307. The van der Waals surface area contributed by atoms with E-state index in [0.29, 0.717) is 25.9 Å². The average molecular weight is 244 g/mol. The van der Waals surface area contributed by atoms with Crippen LogP contribution in [0.3, 0.4) is 0 Å². The number of alkyl halides is 1. The van der Waals surface area contributed by atoms with Gasteiger partial charge < -0.3 is 15.3 Å². The minimum absolute atomic E-state index is 0.0590. The third-order valence-corrected chi connectivity index (χ3v) is 3.84. The summed E-state index contributed by atoms with van der Waals surface area (Å²) < 4.78 is 12.4. The van der Waals surface area contributed by atoms with Crippen molar-refractivity contribution in [2.75, 3.05) is 26.3 Å². The zero-order chi connectivity index (χ0) is 12.3. The molecule has 17 heavy (non-hydrogen) atoms. The first-order valence-corrected chi connectivity index (χ1v) is 6.48. The van der Waals surface area contributed by atoms with Gasteiger partial charge in [0.25, 0.3) is 0 Å². The number of amides is 1. The van der Waals surface area contributed by atoms with Gasteiger partial charge in [0, 0.05) is 19.0 Å². The fourth-order valence-corrected chi connectivity index (χ4v) is 2.76. The number of aliphatic hydroxyl groups excluding tert-OH is 1. The fraction of sp³-hybridized carbons (Fsp3) is 0.917. The summed E-state index contributed by atoms with van der Waals surface area (Å²) in [7, 11) is 0. The van der Waals surface area contributed by atoms with Gasteiger partial charge in [-0.3, -0.25) is 9.18 Å². The molecule has 3 atom stereocenters. The molecule has 2 saturated heterocycles. The zero-order valence-electron chi connectivity index (χ0n) is 10.1. The van der Waals surface area contributed by atoms with Crippen LogP contribution < -0.4 is 5.32 Å². The normalized spacial score (nSPS) is 34.0. The molecule has 0 aromatic carbocycles. The van der Waals surface area contributed by atoms with Crippen LogP contribution in [0.4, 0.5) is 4.39 Å². The van der Waals surface area contributed by atoms with Crippen LogP contribution in [0.15, 0.2) is 0 Å². The molecule has 0 aromatic heterocycles. The topological polar surface area (TPSA) is 52.6 Å². The van der Waals surface area contributed by atoms with Crippen LogP contribution in [0.1, 0.15) is 25.7 Å². The Morgan fingerprint density at radius 2 is 2.29 bits per heavy atom. The number of nitrogens with zero attached hydrogens (tertiary/aromatic N) is 1. The van der Waals surface area contributed by atoms with Gasteiger partial charge in [-0.15, -0.1) is 0 Å². The highest BCUT2D eigenvalue weighted by Gasteiger charge is 2.33. The van der Waals surface area contributed by atoms with Crippen molar-refractivity contribution in [1.82, 2.24) is 10.2 Å². The summed E-state index contributed by atoms with van der Waals surface area (Å²) >= 11 is 0. The van der Waals surface area contributed by atoms with Crippen molar-refractivity contribution < 1.29 is 14.3 Å². The monoisotopic (exact) mass is 244 g/mol. The fourth-order valence-electron chi connectivity index (χ4n) is 2.76. The lowest BCUT2D eigenvalue weighted by molar-refractivity contribution is -0.137. The number of carbonyl (C=O) groups excluding carboxylic acids is 1. The van der Waals surface area contributed by atoms with Crippen LogP contribution in [-0.4, -0.2) is 54.4 Å². The molecule has 98 valence electrons. The number of piperidine rings is 1. The Balaban J connectivity index is 1.90. The third kappa shape index (κ3) is 2.96. The Bertz CT molecular complexity index is 269. The lowest BCUT2D eigenvalue weighted by Gasteiger charge is -2.37. The number of hydrogen-bond donors (Lipinski definition) is 2. The molecule has 0 aliphatic carbocycles. The van der Waals surface area contributed by atoms with Crippen LogP contribution >= 0.6 is 0 Å². The molecule has 2 N–H and O–H groups in total. The summed E-state index contributed by atoms with van der Waals surface area (Å²) in [6.07, 6.45) is 2.41. The average Bonchev–Trinajstić information content (AvgIpc) is 2.85. The van der Waals surface area contributed by atoms with E-state index in [2.05, 4.69) is 5.32 Å². The second kappa shape index (κ2) is 5.78. The zero-order valence-corrected chi connectivity index (χ0v) is 10.1. The van der Waals surface area contributed by atoms with E-state index in [0.717, 1.165) is 19.4 Å². The molecule has 2 rings (SSSR count). The van der Waals surface area contributed by atoms with Crippen molar-refractivity contribution in [2.24, 2.45) is 5.92 Å². The van der Waals surface area contributed by atoms with Gasteiger partial charge in [-0.05, 0) is 32.2 Å². The third-order valence-electron chi connectivity index (χ3n) is 3.84. The molecule has 2 aliphatic rings.